The summed E-state index contributed by atoms with van der Waals surface area (Å²) >= 11 is 0. The SMILES string of the molecule is c1ccc(COc2ccc(-c3cccc(C4CCCCC4)c3)cc2)cc1. The van der Waals surface area contributed by atoms with E-state index >= 15 is 0 Å². The Kier molecular flexibility index (Phi) is 5.35. The predicted molar refractivity (Wildman–Crippen MR) is 108 cm³/mol. The van der Waals surface area contributed by atoms with Crippen LogP contribution in [0.2, 0.25) is 0 Å². The number of benzene rings is 3. The Bertz CT molecular complexity index is 814. The molecule has 1 heteroatoms. The van der Waals surface area contributed by atoms with E-state index in [2.05, 4.69) is 60.7 Å². The molecule has 1 nitrogen and oxygen atoms in total. The van der Waals surface area contributed by atoms with E-state index in [-0.39, 0.29) is 0 Å². The van der Waals surface area contributed by atoms with Crippen LogP contribution in [-0.2, 0) is 6.61 Å². The van der Waals surface area contributed by atoms with Crippen molar-refractivity contribution in [3.05, 3.63) is 90.0 Å². The lowest BCUT2D eigenvalue weighted by atomic mass is 9.83. The highest BCUT2D eigenvalue weighted by Crippen LogP contribution is 2.34. The lowest BCUT2D eigenvalue weighted by molar-refractivity contribution is 0.306. The van der Waals surface area contributed by atoms with Gasteiger partial charge in [-0.15, -0.1) is 0 Å². The number of rotatable bonds is 5. The molecule has 3 aromatic carbocycles. The Hall–Kier alpha value is -2.54. The van der Waals surface area contributed by atoms with E-state index in [0.29, 0.717) is 6.61 Å². The van der Waals surface area contributed by atoms with Crippen molar-refractivity contribution in [2.45, 2.75) is 44.6 Å². The van der Waals surface area contributed by atoms with Crippen molar-refractivity contribution in [1.82, 2.24) is 0 Å². The van der Waals surface area contributed by atoms with Crippen molar-refractivity contribution >= 4 is 0 Å². The molecule has 0 bridgehead atoms. The summed E-state index contributed by atoms with van der Waals surface area (Å²) in [7, 11) is 0. The predicted octanol–water partition coefficient (Wildman–Crippen LogP) is 6.98. The van der Waals surface area contributed by atoms with Crippen LogP contribution >= 0.6 is 0 Å². The van der Waals surface area contributed by atoms with Gasteiger partial charge >= 0.3 is 0 Å². The molecule has 1 aliphatic carbocycles. The highest BCUT2D eigenvalue weighted by molar-refractivity contribution is 5.65. The quantitative estimate of drug-likeness (QED) is 0.486. The van der Waals surface area contributed by atoms with Crippen molar-refractivity contribution in [3.8, 4) is 16.9 Å². The Balaban J connectivity index is 1.44. The van der Waals surface area contributed by atoms with Crippen LogP contribution in [0.15, 0.2) is 78.9 Å². The molecule has 4 rings (SSSR count). The van der Waals surface area contributed by atoms with E-state index in [0.717, 1.165) is 11.7 Å². The fourth-order valence-electron chi connectivity index (χ4n) is 3.89. The second kappa shape index (κ2) is 8.23. The highest BCUT2D eigenvalue weighted by Gasteiger charge is 2.15. The van der Waals surface area contributed by atoms with Gasteiger partial charge in [-0.3, -0.25) is 0 Å². The fraction of sp³-hybridized carbons (Fsp3) is 0.280. The molecule has 1 aliphatic rings. The Morgan fingerprint density at radius 3 is 2.23 bits per heavy atom. The summed E-state index contributed by atoms with van der Waals surface area (Å²) < 4.78 is 5.90. The van der Waals surface area contributed by atoms with Gasteiger partial charge in [0.15, 0.2) is 0 Å². The molecule has 0 N–H and O–H groups in total. The van der Waals surface area contributed by atoms with E-state index in [1.54, 1.807) is 0 Å². The third-order valence-electron chi connectivity index (χ3n) is 5.40. The van der Waals surface area contributed by atoms with Gasteiger partial charge < -0.3 is 4.74 Å². The van der Waals surface area contributed by atoms with Crippen molar-refractivity contribution in [3.63, 3.8) is 0 Å². The lowest BCUT2D eigenvalue weighted by Crippen LogP contribution is -2.04. The number of ether oxygens (including phenoxy) is 1. The van der Waals surface area contributed by atoms with Crippen LogP contribution in [0.4, 0.5) is 0 Å². The molecule has 0 unspecified atom stereocenters. The smallest absolute Gasteiger partial charge is 0.119 e. The molecule has 0 aliphatic heterocycles. The van der Waals surface area contributed by atoms with E-state index < -0.39 is 0 Å². The van der Waals surface area contributed by atoms with Crippen molar-refractivity contribution in [1.29, 1.82) is 0 Å². The van der Waals surface area contributed by atoms with Crippen LogP contribution in [0, 0.1) is 0 Å². The van der Waals surface area contributed by atoms with Crippen molar-refractivity contribution in [2.75, 3.05) is 0 Å². The zero-order valence-corrected chi connectivity index (χ0v) is 15.2. The van der Waals surface area contributed by atoms with Gasteiger partial charge in [0.25, 0.3) is 0 Å². The summed E-state index contributed by atoms with van der Waals surface area (Å²) in [6.45, 7) is 0.608. The minimum Gasteiger partial charge on any atom is -0.489 e. The second-order valence-corrected chi connectivity index (χ2v) is 7.26. The summed E-state index contributed by atoms with van der Waals surface area (Å²) in [5, 5.41) is 0. The second-order valence-electron chi connectivity index (χ2n) is 7.26. The molecule has 132 valence electrons. The van der Waals surface area contributed by atoms with Gasteiger partial charge in [-0.2, -0.15) is 0 Å². The first kappa shape index (κ1) is 16.9. The summed E-state index contributed by atoms with van der Waals surface area (Å²) in [4.78, 5) is 0. The maximum Gasteiger partial charge on any atom is 0.119 e. The first-order valence-corrected chi connectivity index (χ1v) is 9.75. The van der Waals surface area contributed by atoms with Gasteiger partial charge in [-0.25, -0.2) is 0 Å². The molecule has 0 heterocycles. The van der Waals surface area contributed by atoms with Gasteiger partial charge in [-0.1, -0.05) is 86.0 Å². The van der Waals surface area contributed by atoms with Gasteiger partial charge in [-0.05, 0) is 53.1 Å². The van der Waals surface area contributed by atoms with Crippen molar-refractivity contribution in [2.24, 2.45) is 0 Å². The molecule has 0 atom stereocenters. The van der Waals surface area contributed by atoms with E-state index in [1.165, 1.54) is 54.4 Å². The molecule has 0 saturated heterocycles. The summed E-state index contributed by atoms with van der Waals surface area (Å²) in [6, 6.07) is 27.9. The minimum atomic E-state index is 0.608. The molecular weight excluding hydrogens is 316 g/mol. The summed E-state index contributed by atoms with van der Waals surface area (Å²) in [5.41, 5.74) is 5.26. The third-order valence-corrected chi connectivity index (χ3v) is 5.40. The molecule has 0 aromatic heterocycles. The van der Waals surface area contributed by atoms with Gasteiger partial charge in [0.05, 0.1) is 0 Å². The first-order chi connectivity index (χ1) is 12.9. The molecule has 1 fully saturated rings. The van der Waals surface area contributed by atoms with Crippen LogP contribution in [0.3, 0.4) is 0 Å². The summed E-state index contributed by atoms with van der Waals surface area (Å²) in [5.74, 6) is 1.67. The lowest BCUT2D eigenvalue weighted by Gasteiger charge is -2.22. The fourth-order valence-corrected chi connectivity index (χ4v) is 3.89. The van der Waals surface area contributed by atoms with Crippen LogP contribution < -0.4 is 4.74 Å². The van der Waals surface area contributed by atoms with E-state index in [4.69, 9.17) is 4.74 Å². The minimum absolute atomic E-state index is 0.608. The highest BCUT2D eigenvalue weighted by atomic mass is 16.5. The van der Waals surface area contributed by atoms with Crippen LogP contribution in [0.1, 0.15) is 49.1 Å². The topological polar surface area (TPSA) is 9.23 Å². The average Bonchev–Trinajstić information content (AvgIpc) is 2.74. The monoisotopic (exact) mass is 342 g/mol. The third kappa shape index (κ3) is 4.16. The van der Waals surface area contributed by atoms with E-state index in [1.807, 2.05) is 18.2 Å². The maximum atomic E-state index is 5.90. The first-order valence-electron chi connectivity index (χ1n) is 9.75. The van der Waals surface area contributed by atoms with Crippen LogP contribution in [0.5, 0.6) is 5.75 Å². The molecule has 0 radical (unpaired) electrons. The Labute approximate surface area is 156 Å². The molecule has 1 saturated carbocycles. The van der Waals surface area contributed by atoms with Gasteiger partial charge in [0.2, 0.25) is 0 Å². The Morgan fingerprint density at radius 1 is 0.692 bits per heavy atom. The zero-order chi connectivity index (χ0) is 17.6. The zero-order valence-electron chi connectivity index (χ0n) is 15.2. The van der Waals surface area contributed by atoms with Crippen molar-refractivity contribution < 1.29 is 4.74 Å². The number of hydrogen-bond donors (Lipinski definition) is 0. The summed E-state index contributed by atoms with van der Waals surface area (Å²) in [6.07, 6.45) is 6.84. The van der Waals surface area contributed by atoms with Gasteiger partial charge in [0, 0.05) is 0 Å². The van der Waals surface area contributed by atoms with Crippen LogP contribution in [0.25, 0.3) is 11.1 Å². The number of hydrogen-bond acceptors (Lipinski definition) is 1. The van der Waals surface area contributed by atoms with Gasteiger partial charge in [0.1, 0.15) is 12.4 Å². The average molecular weight is 342 g/mol. The largest absolute Gasteiger partial charge is 0.489 e. The van der Waals surface area contributed by atoms with E-state index in [9.17, 15) is 0 Å². The maximum absolute atomic E-state index is 5.90. The van der Waals surface area contributed by atoms with Crippen LogP contribution in [-0.4, -0.2) is 0 Å². The normalized spacial score (nSPS) is 14.9. The Morgan fingerprint density at radius 2 is 1.46 bits per heavy atom. The molecule has 0 spiro atoms. The molecule has 0 amide bonds. The molecule has 3 aromatic rings. The standard InChI is InChI=1S/C25H26O/c1-3-8-20(9-4-1)19-26-25-16-14-22(15-17-25)24-13-7-12-23(18-24)21-10-5-2-6-11-21/h1,3-4,7-9,12-18,21H,2,5-6,10-11,19H2. The molecule has 26 heavy (non-hydrogen) atoms. The molecular formula is C25H26O.